The molecule has 0 bridgehead atoms. The zero-order valence-corrected chi connectivity index (χ0v) is 8.43. The number of ether oxygens (including phenoxy) is 2. The molecule has 1 N–H and O–H groups in total. The van der Waals surface area contributed by atoms with Crippen LogP contribution >= 0.6 is 0 Å². The van der Waals surface area contributed by atoms with Crippen molar-refractivity contribution in [1.82, 2.24) is 4.90 Å². The number of morpholine rings is 1. The van der Waals surface area contributed by atoms with Crippen molar-refractivity contribution in [2.24, 2.45) is 0 Å². The van der Waals surface area contributed by atoms with Gasteiger partial charge in [-0.15, -0.1) is 0 Å². The Labute approximate surface area is 84.1 Å². The van der Waals surface area contributed by atoms with E-state index in [2.05, 4.69) is 4.90 Å². The van der Waals surface area contributed by atoms with Crippen LogP contribution in [0.25, 0.3) is 0 Å². The van der Waals surface area contributed by atoms with Gasteiger partial charge in [-0.05, 0) is 13.0 Å². The van der Waals surface area contributed by atoms with Crippen molar-refractivity contribution in [1.29, 1.82) is 0 Å². The Bertz CT molecular complexity index is 213. The molecule has 1 saturated heterocycles. The third-order valence-electron chi connectivity index (χ3n) is 2.87. The highest BCUT2D eigenvalue weighted by Gasteiger charge is 2.32. The number of hydrogen-bond donors (Lipinski definition) is 1. The Morgan fingerprint density at radius 3 is 2.79 bits per heavy atom. The summed E-state index contributed by atoms with van der Waals surface area (Å²) in [6, 6.07) is 0.0858. The third-order valence-corrected chi connectivity index (χ3v) is 2.87. The minimum absolute atomic E-state index is 0.0858. The SMILES string of the molecule is CC1OC=CC(N2CCOCC2)C1O. The molecule has 0 spiro atoms. The van der Waals surface area contributed by atoms with Gasteiger partial charge in [0.05, 0.1) is 25.5 Å². The molecule has 0 saturated carbocycles. The Hall–Kier alpha value is -0.580. The fraction of sp³-hybridized carbons (Fsp3) is 0.800. The lowest BCUT2D eigenvalue weighted by molar-refractivity contribution is -0.0610. The highest BCUT2D eigenvalue weighted by molar-refractivity contribution is 5.01. The van der Waals surface area contributed by atoms with Gasteiger partial charge in [-0.2, -0.15) is 0 Å². The first-order chi connectivity index (χ1) is 6.79. The van der Waals surface area contributed by atoms with Gasteiger partial charge in [0.15, 0.2) is 0 Å². The highest BCUT2D eigenvalue weighted by Crippen LogP contribution is 2.18. The molecule has 1 fully saturated rings. The van der Waals surface area contributed by atoms with E-state index in [-0.39, 0.29) is 12.1 Å². The molecule has 0 aromatic carbocycles. The van der Waals surface area contributed by atoms with Crippen molar-refractivity contribution < 1.29 is 14.6 Å². The van der Waals surface area contributed by atoms with E-state index in [1.165, 1.54) is 0 Å². The largest absolute Gasteiger partial charge is 0.496 e. The topological polar surface area (TPSA) is 41.9 Å². The monoisotopic (exact) mass is 199 g/mol. The van der Waals surface area contributed by atoms with Crippen molar-refractivity contribution in [3.8, 4) is 0 Å². The maximum atomic E-state index is 9.93. The molecule has 80 valence electrons. The van der Waals surface area contributed by atoms with Gasteiger partial charge in [-0.25, -0.2) is 0 Å². The molecule has 2 heterocycles. The van der Waals surface area contributed by atoms with Crippen LogP contribution in [0.1, 0.15) is 6.92 Å². The zero-order valence-electron chi connectivity index (χ0n) is 8.43. The van der Waals surface area contributed by atoms with Gasteiger partial charge in [0.1, 0.15) is 12.2 Å². The Kier molecular flexibility index (Phi) is 3.05. The fourth-order valence-corrected chi connectivity index (χ4v) is 1.94. The quantitative estimate of drug-likeness (QED) is 0.644. The second-order valence-electron chi connectivity index (χ2n) is 3.80. The Balaban J connectivity index is 2.00. The minimum atomic E-state index is -0.432. The van der Waals surface area contributed by atoms with Crippen molar-refractivity contribution in [3.63, 3.8) is 0 Å². The van der Waals surface area contributed by atoms with Crippen LogP contribution in [0, 0.1) is 0 Å². The number of nitrogens with zero attached hydrogens (tertiary/aromatic N) is 1. The minimum Gasteiger partial charge on any atom is -0.496 e. The van der Waals surface area contributed by atoms with Crippen LogP contribution in [0.4, 0.5) is 0 Å². The van der Waals surface area contributed by atoms with Crippen molar-refractivity contribution in [2.75, 3.05) is 26.3 Å². The maximum absolute atomic E-state index is 9.93. The van der Waals surface area contributed by atoms with Crippen LogP contribution in [0.15, 0.2) is 12.3 Å². The predicted molar refractivity (Wildman–Crippen MR) is 51.9 cm³/mol. The predicted octanol–water partition coefficient (Wildman–Crippen LogP) is -0.0195. The summed E-state index contributed by atoms with van der Waals surface area (Å²) in [6.45, 7) is 5.18. The van der Waals surface area contributed by atoms with Gasteiger partial charge >= 0.3 is 0 Å². The molecule has 4 heteroatoms. The number of rotatable bonds is 1. The first-order valence-corrected chi connectivity index (χ1v) is 5.11. The molecular formula is C10H17NO3. The summed E-state index contributed by atoms with van der Waals surface area (Å²) in [6.07, 6.45) is 3.07. The van der Waals surface area contributed by atoms with E-state index in [1.807, 2.05) is 13.0 Å². The maximum Gasteiger partial charge on any atom is 0.123 e. The second kappa shape index (κ2) is 4.29. The molecule has 2 rings (SSSR count). The van der Waals surface area contributed by atoms with E-state index in [1.54, 1.807) is 6.26 Å². The molecule has 14 heavy (non-hydrogen) atoms. The smallest absolute Gasteiger partial charge is 0.123 e. The molecule has 0 aliphatic carbocycles. The average molecular weight is 199 g/mol. The van der Waals surface area contributed by atoms with Crippen LogP contribution in [-0.4, -0.2) is 54.6 Å². The van der Waals surface area contributed by atoms with Crippen molar-refractivity contribution in [2.45, 2.75) is 25.2 Å². The van der Waals surface area contributed by atoms with E-state index in [4.69, 9.17) is 9.47 Å². The number of hydrogen-bond acceptors (Lipinski definition) is 4. The average Bonchev–Trinajstić information content (AvgIpc) is 2.23. The molecule has 3 unspecified atom stereocenters. The summed E-state index contributed by atoms with van der Waals surface area (Å²) in [5.74, 6) is 0. The molecule has 2 aliphatic heterocycles. The molecule has 0 aromatic rings. The molecule has 0 amide bonds. The van der Waals surface area contributed by atoms with Crippen LogP contribution in [0.3, 0.4) is 0 Å². The zero-order chi connectivity index (χ0) is 9.97. The molecule has 0 aromatic heterocycles. The van der Waals surface area contributed by atoms with Gasteiger partial charge in [0.25, 0.3) is 0 Å². The van der Waals surface area contributed by atoms with Crippen LogP contribution in [-0.2, 0) is 9.47 Å². The summed E-state index contributed by atoms with van der Waals surface area (Å²) in [7, 11) is 0. The Morgan fingerprint density at radius 2 is 2.07 bits per heavy atom. The van der Waals surface area contributed by atoms with Crippen molar-refractivity contribution in [3.05, 3.63) is 12.3 Å². The third kappa shape index (κ3) is 1.92. The van der Waals surface area contributed by atoms with Gasteiger partial charge < -0.3 is 14.6 Å². The van der Waals surface area contributed by atoms with Crippen LogP contribution in [0.5, 0.6) is 0 Å². The summed E-state index contributed by atoms with van der Waals surface area (Å²) in [4.78, 5) is 2.24. The Morgan fingerprint density at radius 1 is 1.36 bits per heavy atom. The number of aliphatic hydroxyl groups is 1. The van der Waals surface area contributed by atoms with Gasteiger partial charge in [0.2, 0.25) is 0 Å². The second-order valence-corrected chi connectivity index (χ2v) is 3.80. The van der Waals surface area contributed by atoms with E-state index in [9.17, 15) is 5.11 Å². The van der Waals surface area contributed by atoms with E-state index in [0.29, 0.717) is 0 Å². The first-order valence-electron chi connectivity index (χ1n) is 5.11. The molecule has 3 atom stereocenters. The van der Waals surface area contributed by atoms with Gasteiger partial charge in [-0.1, -0.05) is 0 Å². The summed E-state index contributed by atoms with van der Waals surface area (Å²) >= 11 is 0. The normalized spacial score (nSPS) is 39.4. The van der Waals surface area contributed by atoms with Gasteiger partial charge in [0, 0.05) is 13.1 Å². The molecule has 4 nitrogen and oxygen atoms in total. The summed E-state index contributed by atoms with van der Waals surface area (Å²) in [5, 5.41) is 9.93. The van der Waals surface area contributed by atoms with Crippen LogP contribution in [0.2, 0.25) is 0 Å². The molecule has 2 aliphatic rings. The summed E-state index contributed by atoms with van der Waals surface area (Å²) < 4.78 is 10.5. The lowest BCUT2D eigenvalue weighted by Crippen LogP contribution is -2.52. The van der Waals surface area contributed by atoms with E-state index in [0.717, 1.165) is 26.3 Å². The first kappa shape index (κ1) is 9.96. The van der Waals surface area contributed by atoms with Crippen molar-refractivity contribution >= 4 is 0 Å². The fourth-order valence-electron chi connectivity index (χ4n) is 1.94. The lowest BCUT2D eigenvalue weighted by Gasteiger charge is -2.38. The lowest BCUT2D eigenvalue weighted by atomic mass is 10.0. The van der Waals surface area contributed by atoms with Gasteiger partial charge in [-0.3, -0.25) is 4.90 Å². The van der Waals surface area contributed by atoms with E-state index >= 15 is 0 Å². The van der Waals surface area contributed by atoms with E-state index < -0.39 is 6.10 Å². The highest BCUT2D eigenvalue weighted by atomic mass is 16.5. The summed E-state index contributed by atoms with van der Waals surface area (Å²) in [5.41, 5.74) is 0. The molecule has 0 radical (unpaired) electrons. The van der Waals surface area contributed by atoms with Crippen LogP contribution < -0.4 is 0 Å². The number of aliphatic hydroxyl groups excluding tert-OH is 1. The standard InChI is InChI=1S/C10H17NO3/c1-8-10(12)9(2-5-14-8)11-3-6-13-7-4-11/h2,5,8-10,12H,3-4,6-7H2,1H3. The molecular weight excluding hydrogens is 182 g/mol.